The number of thioether (sulfide) groups is 1. The Morgan fingerprint density at radius 1 is 0.968 bits per heavy atom. The maximum absolute atomic E-state index is 13.1. The molecule has 3 aromatic rings. The molecule has 7 heteroatoms. The Labute approximate surface area is 183 Å². The Bertz CT molecular complexity index is 1130. The molecule has 0 aliphatic carbocycles. The molecule has 1 heterocycles. The first-order chi connectivity index (χ1) is 14.9. The van der Waals surface area contributed by atoms with Gasteiger partial charge in [0.25, 0.3) is 5.91 Å². The van der Waals surface area contributed by atoms with Crippen LogP contribution in [0.5, 0.6) is 0 Å². The highest BCUT2D eigenvalue weighted by molar-refractivity contribution is 8.00. The fraction of sp³-hybridized carbons (Fsp3) is 0.125. The molecule has 1 atom stereocenters. The third-order valence-electron chi connectivity index (χ3n) is 4.89. The van der Waals surface area contributed by atoms with Crippen LogP contribution in [0, 0.1) is 12.7 Å². The van der Waals surface area contributed by atoms with E-state index in [4.69, 9.17) is 0 Å². The SMILES string of the molecule is Cc1ccc(C(=O)Nc2ccc(SC3CC(=O)N(c4ccc(F)cc4)C3=O)cc2)cc1. The number of halogens is 1. The van der Waals surface area contributed by atoms with Gasteiger partial charge in [0, 0.05) is 22.6 Å². The average molecular weight is 434 g/mol. The minimum atomic E-state index is -0.550. The minimum absolute atomic E-state index is 0.0762. The molecule has 3 amide bonds. The molecule has 1 unspecified atom stereocenters. The van der Waals surface area contributed by atoms with Gasteiger partial charge in [-0.3, -0.25) is 14.4 Å². The van der Waals surface area contributed by atoms with Crippen LogP contribution < -0.4 is 10.2 Å². The standard InChI is InChI=1S/C24H19FN2O3S/c1-15-2-4-16(5-3-15)23(29)26-18-8-12-20(13-9-18)31-21-14-22(28)27(24(21)30)19-10-6-17(25)7-11-19/h2-13,21H,14H2,1H3,(H,26,29). The number of hydrogen-bond acceptors (Lipinski definition) is 4. The normalized spacial score (nSPS) is 15.9. The van der Waals surface area contributed by atoms with Crippen LogP contribution in [0.15, 0.2) is 77.7 Å². The zero-order valence-corrected chi connectivity index (χ0v) is 17.5. The number of carbonyl (C=O) groups is 3. The van der Waals surface area contributed by atoms with Crippen molar-refractivity contribution in [3.05, 3.63) is 89.7 Å². The predicted molar refractivity (Wildman–Crippen MR) is 119 cm³/mol. The second kappa shape index (κ2) is 8.73. The number of imide groups is 1. The maximum atomic E-state index is 13.1. The number of anilines is 2. The Hall–Kier alpha value is -3.45. The fourth-order valence-corrected chi connectivity index (χ4v) is 4.30. The van der Waals surface area contributed by atoms with Crippen molar-refractivity contribution in [1.29, 1.82) is 0 Å². The lowest BCUT2D eigenvalue weighted by molar-refractivity contribution is -0.121. The van der Waals surface area contributed by atoms with Crippen molar-refractivity contribution < 1.29 is 18.8 Å². The van der Waals surface area contributed by atoms with Gasteiger partial charge in [0.1, 0.15) is 5.82 Å². The van der Waals surface area contributed by atoms with E-state index >= 15 is 0 Å². The summed E-state index contributed by atoms with van der Waals surface area (Å²) in [6.07, 6.45) is 0.0762. The molecule has 1 saturated heterocycles. The fourth-order valence-electron chi connectivity index (χ4n) is 3.25. The van der Waals surface area contributed by atoms with Gasteiger partial charge in [0.15, 0.2) is 0 Å². The Kier molecular flexibility index (Phi) is 5.86. The first kappa shape index (κ1) is 20.8. The topological polar surface area (TPSA) is 66.5 Å². The highest BCUT2D eigenvalue weighted by Crippen LogP contribution is 2.34. The van der Waals surface area contributed by atoms with Crippen LogP contribution in [-0.4, -0.2) is 23.0 Å². The van der Waals surface area contributed by atoms with E-state index in [0.717, 1.165) is 15.4 Å². The molecule has 156 valence electrons. The van der Waals surface area contributed by atoms with Crippen molar-refractivity contribution in [2.24, 2.45) is 0 Å². The molecular weight excluding hydrogens is 415 g/mol. The molecule has 5 nitrogen and oxygen atoms in total. The van der Waals surface area contributed by atoms with Gasteiger partial charge in [-0.15, -0.1) is 11.8 Å². The van der Waals surface area contributed by atoms with Crippen LogP contribution >= 0.6 is 11.8 Å². The van der Waals surface area contributed by atoms with E-state index in [1.165, 1.54) is 36.0 Å². The van der Waals surface area contributed by atoms with Crippen molar-refractivity contribution in [2.75, 3.05) is 10.2 Å². The summed E-state index contributed by atoms with van der Waals surface area (Å²) in [6.45, 7) is 1.96. The van der Waals surface area contributed by atoms with Gasteiger partial charge >= 0.3 is 0 Å². The van der Waals surface area contributed by atoms with Gasteiger partial charge in [-0.05, 0) is 67.6 Å². The molecule has 1 N–H and O–H groups in total. The van der Waals surface area contributed by atoms with Crippen LogP contribution in [0.4, 0.5) is 15.8 Å². The molecule has 0 spiro atoms. The zero-order chi connectivity index (χ0) is 22.0. The summed E-state index contributed by atoms with van der Waals surface area (Å²) in [5.41, 5.74) is 2.65. The van der Waals surface area contributed by atoms with E-state index in [1.54, 1.807) is 36.4 Å². The van der Waals surface area contributed by atoms with Gasteiger partial charge in [0.2, 0.25) is 11.8 Å². The van der Waals surface area contributed by atoms with Gasteiger partial charge in [-0.2, -0.15) is 0 Å². The van der Waals surface area contributed by atoms with E-state index in [0.29, 0.717) is 16.9 Å². The highest BCUT2D eigenvalue weighted by atomic mass is 32.2. The van der Waals surface area contributed by atoms with Gasteiger partial charge in [-0.25, -0.2) is 9.29 Å². The molecule has 3 aromatic carbocycles. The molecule has 31 heavy (non-hydrogen) atoms. The largest absolute Gasteiger partial charge is 0.322 e. The Morgan fingerprint density at radius 2 is 1.61 bits per heavy atom. The minimum Gasteiger partial charge on any atom is -0.322 e. The highest BCUT2D eigenvalue weighted by Gasteiger charge is 2.40. The summed E-state index contributed by atoms with van der Waals surface area (Å²) < 4.78 is 13.1. The molecule has 0 saturated carbocycles. The predicted octanol–water partition coefficient (Wildman–Crippen LogP) is 4.81. The lowest BCUT2D eigenvalue weighted by Gasteiger charge is -2.15. The third kappa shape index (κ3) is 4.67. The maximum Gasteiger partial charge on any atom is 0.255 e. The summed E-state index contributed by atoms with van der Waals surface area (Å²) in [6, 6.07) is 19.7. The summed E-state index contributed by atoms with van der Waals surface area (Å²) in [5, 5.41) is 2.29. The number of carbonyl (C=O) groups excluding carboxylic acids is 3. The number of nitrogens with one attached hydrogen (secondary N) is 1. The number of amides is 3. The van der Waals surface area contributed by atoms with E-state index in [9.17, 15) is 18.8 Å². The quantitative estimate of drug-likeness (QED) is 0.585. The molecule has 1 fully saturated rings. The van der Waals surface area contributed by atoms with Crippen molar-refractivity contribution in [3.8, 4) is 0 Å². The van der Waals surface area contributed by atoms with Crippen LogP contribution in [0.25, 0.3) is 0 Å². The second-order valence-electron chi connectivity index (χ2n) is 7.20. The van der Waals surface area contributed by atoms with E-state index in [2.05, 4.69) is 5.32 Å². The molecule has 0 aromatic heterocycles. The van der Waals surface area contributed by atoms with Crippen LogP contribution in [0.2, 0.25) is 0 Å². The van der Waals surface area contributed by atoms with E-state index in [-0.39, 0.29) is 24.1 Å². The lowest BCUT2D eigenvalue weighted by atomic mass is 10.1. The second-order valence-corrected chi connectivity index (χ2v) is 8.48. The summed E-state index contributed by atoms with van der Waals surface area (Å²) >= 11 is 1.29. The number of hydrogen-bond donors (Lipinski definition) is 1. The lowest BCUT2D eigenvalue weighted by Crippen LogP contribution is -2.31. The molecular formula is C24H19FN2O3S. The van der Waals surface area contributed by atoms with Crippen molar-refractivity contribution >= 4 is 40.9 Å². The number of rotatable bonds is 5. The van der Waals surface area contributed by atoms with Gasteiger partial charge < -0.3 is 5.32 Å². The molecule has 1 aliphatic rings. The van der Waals surface area contributed by atoms with Gasteiger partial charge in [0.05, 0.1) is 10.9 Å². The summed E-state index contributed by atoms with van der Waals surface area (Å²) in [5.74, 6) is -1.26. The van der Waals surface area contributed by atoms with Crippen LogP contribution in [0.1, 0.15) is 22.3 Å². The molecule has 0 radical (unpaired) electrons. The first-order valence-corrected chi connectivity index (χ1v) is 10.6. The first-order valence-electron chi connectivity index (χ1n) is 9.68. The zero-order valence-electron chi connectivity index (χ0n) is 16.7. The Morgan fingerprint density at radius 3 is 2.26 bits per heavy atom. The smallest absolute Gasteiger partial charge is 0.255 e. The Balaban J connectivity index is 1.40. The number of aryl methyl sites for hydroxylation is 1. The van der Waals surface area contributed by atoms with Crippen molar-refractivity contribution in [2.45, 2.75) is 23.5 Å². The molecule has 0 bridgehead atoms. The third-order valence-corrected chi connectivity index (χ3v) is 6.09. The molecule has 1 aliphatic heterocycles. The van der Waals surface area contributed by atoms with Crippen LogP contribution in [-0.2, 0) is 9.59 Å². The molecule has 4 rings (SSSR count). The summed E-state index contributed by atoms with van der Waals surface area (Å²) in [4.78, 5) is 39.3. The average Bonchev–Trinajstić information content (AvgIpc) is 3.03. The van der Waals surface area contributed by atoms with Gasteiger partial charge in [-0.1, -0.05) is 17.7 Å². The monoisotopic (exact) mass is 434 g/mol. The summed E-state index contributed by atoms with van der Waals surface area (Å²) in [7, 11) is 0. The van der Waals surface area contributed by atoms with Crippen molar-refractivity contribution in [1.82, 2.24) is 0 Å². The van der Waals surface area contributed by atoms with Crippen molar-refractivity contribution in [3.63, 3.8) is 0 Å². The van der Waals surface area contributed by atoms with E-state index in [1.807, 2.05) is 19.1 Å². The van der Waals surface area contributed by atoms with Crippen LogP contribution in [0.3, 0.4) is 0 Å². The van der Waals surface area contributed by atoms with E-state index < -0.39 is 11.1 Å². The number of nitrogens with zero attached hydrogens (tertiary/aromatic N) is 1. The number of benzene rings is 3.